The summed E-state index contributed by atoms with van der Waals surface area (Å²) in [4.78, 5) is 12.6. The first kappa shape index (κ1) is 20.5. The standard InChI is InChI=1S/C21H21BrN2O3/c1-5-27-20-17(22)10-15(11-18(20)26-4)9-16(12-23)21(25)24-19-13(2)7-6-8-14(19)3/h6-11H,5H2,1-4H3,(H,24,25)/b16-9+. The van der Waals surface area contributed by atoms with E-state index in [9.17, 15) is 10.1 Å². The van der Waals surface area contributed by atoms with Gasteiger partial charge in [0, 0.05) is 5.69 Å². The smallest absolute Gasteiger partial charge is 0.266 e. The van der Waals surface area contributed by atoms with Gasteiger partial charge in [-0.1, -0.05) is 18.2 Å². The lowest BCUT2D eigenvalue weighted by Gasteiger charge is -2.13. The highest BCUT2D eigenvalue weighted by molar-refractivity contribution is 9.10. The zero-order chi connectivity index (χ0) is 20.0. The van der Waals surface area contributed by atoms with Gasteiger partial charge in [-0.3, -0.25) is 4.79 Å². The SMILES string of the molecule is CCOc1c(Br)cc(/C=C(\C#N)C(=O)Nc2c(C)cccc2C)cc1OC. The number of carbonyl (C=O) groups excluding carboxylic acids is 1. The van der Waals surface area contributed by atoms with Gasteiger partial charge in [0.05, 0.1) is 18.2 Å². The highest BCUT2D eigenvalue weighted by Gasteiger charge is 2.15. The van der Waals surface area contributed by atoms with E-state index in [2.05, 4.69) is 21.2 Å². The molecule has 0 atom stereocenters. The number of methoxy groups -OCH3 is 1. The van der Waals surface area contributed by atoms with Crippen molar-refractivity contribution in [3.05, 3.63) is 57.1 Å². The van der Waals surface area contributed by atoms with E-state index in [1.54, 1.807) is 12.1 Å². The molecule has 1 N–H and O–H groups in total. The second kappa shape index (κ2) is 9.24. The Bertz CT molecular complexity index is 910. The summed E-state index contributed by atoms with van der Waals surface area (Å²) >= 11 is 3.44. The van der Waals surface area contributed by atoms with Crippen LogP contribution in [-0.2, 0) is 4.79 Å². The monoisotopic (exact) mass is 428 g/mol. The molecule has 0 aliphatic rings. The molecule has 0 fully saturated rings. The Hall–Kier alpha value is -2.78. The van der Waals surface area contributed by atoms with Gasteiger partial charge in [0.25, 0.3) is 5.91 Å². The van der Waals surface area contributed by atoms with E-state index in [1.807, 2.05) is 45.0 Å². The van der Waals surface area contributed by atoms with Crippen LogP contribution in [0, 0.1) is 25.2 Å². The molecule has 2 aromatic rings. The lowest BCUT2D eigenvalue weighted by Crippen LogP contribution is -2.15. The van der Waals surface area contributed by atoms with E-state index in [-0.39, 0.29) is 5.57 Å². The van der Waals surface area contributed by atoms with E-state index < -0.39 is 5.91 Å². The third-order valence-electron chi connectivity index (χ3n) is 3.94. The number of para-hydroxylation sites is 1. The van der Waals surface area contributed by atoms with Gasteiger partial charge in [-0.2, -0.15) is 5.26 Å². The molecule has 0 heterocycles. The zero-order valence-electron chi connectivity index (χ0n) is 15.7. The van der Waals surface area contributed by atoms with E-state index in [4.69, 9.17) is 9.47 Å². The third kappa shape index (κ3) is 4.89. The van der Waals surface area contributed by atoms with Crippen LogP contribution in [0.4, 0.5) is 5.69 Å². The van der Waals surface area contributed by atoms with Gasteiger partial charge in [0.2, 0.25) is 0 Å². The first-order chi connectivity index (χ1) is 12.9. The molecule has 0 unspecified atom stereocenters. The van der Waals surface area contributed by atoms with Crippen molar-refractivity contribution in [1.82, 2.24) is 0 Å². The summed E-state index contributed by atoms with van der Waals surface area (Å²) in [6, 6.07) is 11.2. The quantitative estimate of drug-likeness (QED) is 0.517. The zero-order valence-corrected chi connectivity index (χ0v) is 17.3. The molecule has 2 aromatic carbocycles. The Morgan fingerprint density at radius 2 is 1.96 bits per heavy atom. The fourth-order valence-corrected chi connectivity index (χ4v) is 3.19. The molecule has 0 bridgehead atoms. The highest BCUT2D eigenvalue weighted by atomic mass is 79.9. The maximum Gasteiger partial charge on any atom is 0.266 e. The van der Waals surface area contributed by atoms with Crippen molar-refractivity contribution in [1.29, 1.82) is 5.26 Å². The van der Waals surface area contributed by atoms with Crippen molar-refractivity contribution < 1.29 is 14.3 Å². The van der Waals surface area contributed by atoms with Gasteiger partial charge < -0.3 is 14.8 Å². The molecule has 2 rings (SSSR count). The molecule has 5 nitrogen and oxygen atoms in total. The van der Waals surface area contributed by atoms with Gasteiger partial charge in [-0.25, -0.2) is 0 Å². The molecule has 140 valence electrons. The van der Waals surface area contributed by atoms with Crippen molar-refractivity contribution >= 4 is 33.6 Å². The van der Waals surface area contributed by atoms with Gasteiger partial charge in [-0.05, 0) is 71.6 Å². The van der Waals surface area contributed by atoms with Crippen molar-refractivity contribution in [2.75, 3.05) is 19.0 Å². The number of anilines is 1. The minimum Gasteiger partial charge on any atom is -0.493 e. The van der Waals surface area contributed by atoms with Crippen LogP contribution in [0.25, 0.3) is 6.08 Å². The molecule has 0 aliphatic heterocycles. The Morgan fingerprint density at radius 3 is 2.52 bits per heavy atom. The summed E-state index contributed by atoms with van der Waals surface area (Å²) in [5, 5.41) is 12.3. The summed E-state index contributed by atoms with van der Waals surface area (Å²) in [7, 11) is 1.54. The van der Waals surface area contributed by atoms with Crippen molar-refractivity contribution in [3.63, 3.8) is 0 Å². The van der Waals surface area contributed by atoms with Crippen LogP contribution >= 0.6 is 15.9 Å². The lowest BCUT2D eigenvalue weighted by atomic mass is 10.1. The maximum atomic E-state index is 12.6. The predicted molar refractivity (Wildman–Crippen MR) is 110 cm³/mol. The van der Waals surface area contributed by atoms with Gasteiger partial charge >= 0.3 is 0 Å². The Balaban J connectivity index is 2.37. The molecular weight excluding hydrogens is 408 g/mol. The molecule has 0 spiro atoms. The van der Waals surface area contributed by atoms with Crippen LogP contribution in [0.5, 0.6) is 11.5 Å². The molecule has 0 saturated heterocycles. The van der Waals surface area contributed by atoms with Crippen LogP contribution in [0.3, 0.4) is 0 Å². The second-order valence-electron chi connectivity index (χ2n) is 5.86. The molecule has 1 amide bonds. The van der Waals surface area contributed by atoms with E-state index in [1.165, 1.54) is 13.2 Å². The topological polar surface area (TPSA) is 71.3 Å². The number of hydrogen-bond donors (Lipinski definition) is 1. The Morgan fingerprint density at radius 1 is 1.30 bits per heavy atom. The van der Waals surface area contributed by atoms with Crippen LogP contribution in [-0.4, -0.2) is 19.6 Å². The first-order valence-electron chi connectivity index (χ1n) is 8.41. The largest absolute Gasteiger partial charge is 0.493 e. The third-order valence-corrected chi connectivity index (χ3v) is 4.53. The average Bonchev–Trinajstić information content (AvgIpc) is 2.64. The van der Waals surface area contributed by atoms with Gasteiger partial charge in [-0.15, -0.1) is 0 Å². The van der Waals surface area contributed by atoms with E-state index >= 15 is 0 Å². The highest BCUT2D eigenvalue weighted by Crippen LogP contribution is 2.37. The predicted octanol–water partition coefficient (Wildman–Crippen LogP) is 5.02. The average molecular weight is 429 g/mol. The number of hydrogen-bond acceptors (Lipinski definition) is 4. The number of ether oxygens (including phenoxy) is 2. The van der Waals surface area contributed by atoms with Crippen LogP contribution < -0.4 is 14.8 Å². The lowest BCUT2D eigenvalue weighted by molar-refractivity contribution is -0.112. The number of rotatable bonds is 6. The molecule has 0 aliphatic carbocycles. The Kier molecular flexibility index (Phi) is 7.03. The number of aryl methyl sites for hydroxylation is 2. The van der Waals surface area contributed by atoms with Gasteiger partial charge in [0.1, 0.15) is 11.6 Å². The van der Waals surface area contributed by atoms with Crippen LogP contribution in [0.1, 0.15) is 23.6 Å². The number of halogens is 1. The maximum absolute atomic E-state index is 12.6. The fourth-order valence-electron chi connectivity index (χ4n) is 2.62. The number of benzene rings is 2. The minimum absolute atomic E-state index is 0.00392. The van der Waals surface area contributed by atoms with Crippen LogP contribution in [0.15, 0.2) is 40.4 Å². The van der Waals surface area contributed by atoms with Crippen molar-refractivity contribution in [2.24, 2.45) is 0 Å². The number of nitrogens with one attached hydrogen (secondary N) is 1. The number of nitriles is 1. The summed E-state index contributed by atoms with van der Waals surface area (Å²) in [5.41, 5.74) is 3.23. The summed E-state index contributed by atoms with van der Waals surface area (Å²) < 4.78 is 11.6. The molecule has 0 saturated carbocycles. The molecule has 0 radical (unpaired) electrons. The molecule has 27 heavy (non-hydrogen) atoms. The minimum atomic E-state index is -0.459. The van der Waals surface area contributed by atoms with E-state index in [0.717, 1.165) is 11.1 Å². The normalized spacial score (nSPS) is 10.9. The first-order valence-corrected chi connectivity index (χ1v) is 9.20. The van der Waals surface area contributed by atoms with Crippen molar-refractivity contribution in [2.45, 2.75) is 20.8 Å². The Labute approximate surface area is 167 Å². The molecular formula is C21H21BrN2O3. The molecule has 6 heteroatoms. The second-order valence-corrected chi connectivity index (χ2v) is 6.71. The summed E-state index contributed by atoms with van der Waals surface area (Å²) in [5.74, 6) is 0.638. The van der Waals surface area contributed by atoms with Crippen molar-refractivity contribution in [3.8, 4) is 17.6 Å². The number of amides is 1. The molecule has 0 aromatic heterocycles. The van der Waals surface area contributed by atoms with E-state index in [0.29, 0.717) is 33.8 Å². The number of carbonyl (C=O) groups is 1. The summed E-state index contributed by atoms with van der Waals surface area (Å²) in [6.45, 7) is 6.19. The fraction of sp³-hybridized carbons (Fsp3) is 0.238. The summed E-state index contributed by atoms with van der Waals surface area (Å²) in [6.07, 6.45) is 1.52. The van der Waals surface area contributed by atoms with Gasteiger partial charge in [0.15, 0.2) is 11.5 Å². The van der Waals surface area contributed by atoms with Crippen LogP contribution in [0.2, 0.25) is 0 Å². The number of nitrogens with zero attached hydrogens (tertiary/aromatic N) is 1.